The quantitative estimate of drug-likeness (QED) is 0.276. The SMILES string of the molecule is CC(C)(C)OC(=O)N(C(=O)OCN1C(=O)c2ccccc2S1(=O)=O)[C@@H](CCCCNC(=O)OCc1ccccc1)C(=O)O. The van der Waals surface area contributed by atoms with Crippen LogP contribution < -0.4 is 5.32 Å². The molecule has 0 saturated heterocycles. The number of aliphatic carboxylic acids is 1. The number of nitrogens with one attached hydrogen (secondary N) is 1. The van der Waals surface area contributed by atoms with Crippen molar-refractivity contribution in [2.24, 2.45) is 0 Å². The van der Waals surface area contributed by atoms with Crippen LogP contribution in [0.1, 0.15) is 56.0 Å². The topological polar surface area (TPSA) is 186 Å². The minimum absolute atomic E-state index is 0.0666. The van der Waals surface area contributed by atoms with Crippen molar-refractivity contribution in [1.29, 1.82) is 0 Å². The lowest BCUT2D eigenvalue weighted by atomic mass is 10.1. The highest BCUT2D eigenvalue weighted by atomic mass is 32.2. The molecule has 0 saturated carbocycles. The van der Waals surface area contributed by atoms with E-state index < -0.39 is 58.6 Å². The van der Waals surface area contributed by atoms with Gasteiger partial charge in [-0.05, 0) is 57.7 Å². The normalized spacial score (nSPS) is 14.3. The second-order valence-electron chi connectivity index (χ2n) is 10.4. The van der Waals surface area contributed by atoms with Gasteiger partial charge in [0.25, 0.3) is 15.9 Å². The molecule has 1 aliphatic heterocycles. The molecule has 0 bridgehead atoms. The molecule has 232 valence electrons. The number of alkyl carbamates (subject to hydrolysis) is 1. The maximum absolute atomic E-state index is 13.1. The number of carbonyl (C=O) groups is 5. The molecule has 2 aromatic carbocycles. The number of hydrogen-bond donors (Lipinski definition) is 2. The average Bonchev–Trinajstić information content (AvgIpc) is 3.13. The van der Waals surface area contributed by atoms with Crippen LogP contribution in [0.3, 0.4) is 0 Å². The van der Waals surface area contributed by atoms with Crippen LogP contribution in [0.5, 0.6) is 0 Å². The predicted molar refractivity (Wildman–Crippen MR) is 149 cm³/mol. The molecule has 0 radical (unpaired) electrons. The van der Waals surface area contributed by atoms with Gasteiger partial charge in [-0.15, -0.1) is 0 Å². The number of ether oxygens (including phenoxy) is 3. The number of carbonyl (C=O) groups excluding carboxylic acids is 4. The molecule has 3 rings (SSSR count). The van der Waals surface area contributed by atoms with Crippen molar-refractivity contribution in [2.45, 2.75) is 63.2 Å². The zero-order chi connectivity index (χ0) is 31.8. The van der Waals surface area contributed by atoms with Gasteiger partial charge in [-0.25, -0.2) is 27.6 Å². The summed E-state index contributed by atoms with van der Waals surface area (Å²) in [5, 5.41) is 12.4. The molecule has 1 aliphatic rings. The van der Waals surface area contributed by atoms with Crippen molar-refractivity contribution in [3.8, 4) is 0 Å². The van der Waals surface area contributed by atoms with Crippen LogP contribution in [-0.2, 0) is 35.6 Å². The van der Waals surface area contributed by atoms with Gasteiger partial charge in [0.1, 0.15) is 23.1 Å². The van der Waals surface area contributed by atoms with Crippen LogP contribution in [-0.4, -0.2) is 77.8 Å². The van der Waals surface area contributed by atoms with Gasteiger partial charge in [0.2, 0.25) is 0 Å². The summed E-state index contributed by atoms with van der Waals surface area (Å²) >= 11 is 0. The smallest absolute Gasteiger partial charge is 0.421 e. The summed E-state index contributed by atoms with van der Waals surface area (Å²) in [6.07, 6.45) is -3.39. The third-order valence-corrected chi connectivity index (χ3v) is 7.75. The van der Waals surface area contributed by atoms with Gasteiger partial charge in [-0.1, -0.05) is 42.5 Å². The number of unbranched alkanes of at least 4 members (excludes halogenated alkanes) is 1. The van der Waals surface area contributed by atoms with Gasteiger partial charge in [-0.3, -0.25) is 4.79 Å². The molecular formula is C28H33N3O11S. The molecule has 0 unspecified atom stereocenters. The van der Waals surface area contributed by atoms with Crippen LogP contribution in [0.25, 0.3) is 0 Å². The minimum Gasteiger partial charge on any atom is -0.480 e. The molecule has 1 atom stereocenters. The summed E-state index contributed by atoms with van der Waals surface area (Å²) in [6.45, 7) is 3.58. The van der Waals surface area contributed by atoms with Crippen LogP contribution in [0.2, 0.25) is 0 Å². The van der Waals surface area contributed by atoms with E-state index in [2.05, 4.69) is 5.32 Å². The first-order chi connectivity index (χ1) is 20.2. The number of nitrogens with zero attached hydrogens (tertiary/aromatic N) is 2. The van der Waals surface area contributed by atoms with Crippen molar-refractivity contribution in [1.82, 2.24) is 14.5 Å². The molecule has 0 aliphatic carbocycles. The van der Waals surface area contributed by atoms with E-state index in [-0.39, 0.29) is 47.8 Å². The van der Waals surface area contributed by atoms with E-state index in [9.17, 15) is 37.5 Å². The van der Waals surface area contributed by atoms with Gasteiger partial charge >= 0.3 is 24.2 Å². The number of sulfonamides is 1. The van der Waals surface area contributed by atoms with E-state index in [4.69, 9.17) is 14.2 Å². The Morgan fingerprint density at radius 3 is 2.23 bits per heavy atom. The van der Waals surface area contributed by atoms with E-state index in [0.29, 0.717) is 4.31 Å². The zero-order valence-corrected chi connectivity index (χ0v) is 24.7. The predicted octanol–water partition coefficient (Wildman–Crippen LogP) is 3.71. The van der Waals surface area contributed by atoms with E-state index >= 15 is 0 Å². The third kappa shape index (κ3) is 8.67. The first-order valence-corrected chi connectivity index (χ1v) is 14.7. The summed E-state index contributed by atoms with van der Waals surface area (Å²) in [7, 11) is -4.34. The fourth-order valence-electron chi connectivity index (χ4n) is 3.97. The van der Waals surface area contributed by atoms with Crippen molar-refractivity contribution in [3.63, 3.8) is 0 Å². The summed E-state index contributed by atoms with van der Waals surface area (Å²) < 4.78 is 41.2. The molecule has 14 nitrogen and oxygen atoms in total. The molecule has 0 spiro atoms. The maximum atomic E-state index is 13.1. The number of imide groups is 1. The van der Waals surface area contributed by atoms with Crippen LogP contribution in [0.15, 0.2) is 59.5 Å². The molecule has 1 heterocycles. The van der Waals surface area contributed by atoms with Gasteiger partial charge in [0, 0.05) is 6.54 Å². The second-order valence-corrected chi connectivity index (χ2v) is 12.2. The van der Waals surface area contributed by atoms with E-state index in [0.717, 1.165) is 5.56 Å². The summed E-state index contributed by atoms with van der Waals surface area (Å²) in [4.78, 5) is 62.7. The Labute approximate surface area is 248 Å². The molecule has 0 aromatic heterocycles. The molecule has 2 N–H and O–H groups in total. The second kappa shape index (κ2) is 14.0. The molecule has 4 amide bonds. The van der Waals surface area contributed by atoms with Crippen molar-refractivity contribution < 1.29 is 51.7 Å². The summed E-state index contributed by atoms with van der Waals surface area (Å²) in [5.74, 6) is -2.51. The molecule has 43 heavy (non-hydrogen) atoms. The van der Waals surface area contributed by atoms with Crippen LogP contribution in [0, 0.1) is 0 Å². The number of rotatable bonds is 11. The lowest BCUT2D eigenvalue weighted by Gasteiger charge is -2.29. The Bertz CT molecular complexity index is 1460. The number of fused-ring (bicyclic) bond motifs is 1. The Hall–Kier alpha value is -4.66. The van der Waals surface area contributed by atoms with Crippen molar-refractivity contribution in [3.05, 3.63) is 65.7 Å². The van der Waals surface area contributed by atoms with Crippen LogP contribution in [0.4, 0.5) is 14.4 Å². The van der Waals surface area contributed by atoms with Gasteiger partial charge in [0.05, 0.1) is 5.56 Å². The van der Waals surface area contributed by atoms with Crippen molar-refractivity contribution >= 4 is 40.2 Å². The van der Waals surface area contributed by atoms with Gasteiger partial charge in [-0.2, -0.15) is 9.21 Å². The third-order valence-electron chi connectivity index (χ3n) is 5.99. The highest BCUT2D eigenvalue weighted by Gasteiger charge is 2.43. The summed E-state index contributed by atoms with van der Waals surface area (Å²) in [6, 6.07) is 12.7. The van der Waals surface area contributed by atoms with E-state index in [1.54, 1.807) is 24.3 Å². The Kier molecular flexibility index (Phi) is 10.7. The Balaban J connectivity index is 1.62. The lowest BCUT2D eigenvalue weighted by Crippen LogP contribution is -2.51. The van der Waals surface area contributed by atoms with Crippen LogP contribution >= 0.6 is 0 Å². The molecule has 2 aromatic rings. The van der Waals surface area contributed by atoms with E-state index in [1.807, 2.05) is 6.07 Å². The van der Waals surface area contributed by atoms with Gasteiger partial charge in [0.15, 0.2) is 6.73 Å². The fourth-order valence-corrected chi connectivity index (χ4v) is 5.40. The summed E-state index contributed by atoms with van der Waals surface area (Å²) in [5.41, 5.74) is -0.450. The molecule has 15 heteroatoms. The Morgan fingerprint density at radius 1 is 0.953 bits per heavy atom. The first kappa shape index (κ1) is 32.8. The highest BCUT2D eigenvalue weighted by Crippen LogP contribution is 2.30. The number of amides is 4. The number of benzene rings is 2. The standard InChI is InChI=1S/C28H33N3O11S/c1-28(2,3)42-27(37)31(26(36)41-18-30-23(32)20-13-7-8-15-22(20)43(30,38)39)21(24(33)34)14-9-10-16-29-25(35)40-17-19-11-5-4-6-12-19/h4-8,11-13,15,21H,9-10,14,16-18H2,1-3H3,(H,29,35)(H,33,34)/t21-/m0/s1. The van der Waals surface area contributed by atoms with Crippen molar-refractivity contribution in [2.75, 3.05) is 13.3 Å². The highest BCUT2D eigenvalue weighted by molar-refractivity contribution is 7.90. The lowest BCUT2D eigenvalue weighted by molar-refractivity contribution is -0.143. The monoisotopic (exact) mass is 619 g/mol. The zero-order valence-electron chi connectivity index (χ0n) is 23.8. The largest absolute Gasteiger partial charge is 0.480 e. The average molecular weight is 620 g/mol. The van der Waals surface area contributed by atoms with Gasteiger partial charge < -0.3 is 24.6 Å². The fraction of sp³-hybridized carbons (Fsp3) is 0.393. The maximum Gasteiger partial charge on any atom is 0.421 e. The Morgan fingerprint density at radius 2 is 1.60 bits per heavy atom. The number of hydrogen-bond acceptors (Lipinski definition) is 10. The minimum atomic E-state index is -4.34. The molecule has 0 fully saturated rings. The number of carboxylic acids is 1. The van der Waals surface area contributed by atoms with E-state index in [1.165, 1.54) is 45.0 Å². The first-order valence-electron chi connectivity index (χ1n) is 13.2. The number of carboxylic acid groups (broad SMARTS) is 1. The molecular weight excluding hydrogens is 586 g/mol.